The summed E-state index contributed by atoms with van der Waals surface area (Å²) in [7, 11) is 0. The van der Waals surface area contributed by atoms with Gasteiger partial charge in [0.25, 0.3) is 0 Å². The van der Waals surface area contributed by atoms with Crippen LogP contribution in [0, 0.1) is 6.92 Å². The third-order valence-corrected chi connectivity index (χ3v) is 3.64. The predicted molar refractivity (Wildman–Crippen MR) is 66.3 cm³/mol. The van der Waals surface area contributed by atoms with Gasteiger partial charge in [0, 0.05) is 17.6 Å². The van der Waals surface area contributed by atoms with E-state index in [1.54, 1.807) is 0 Å². The van der Waals surface area contributed by atoms with E-state index in [1.165, 1.54) is 0 Å². The molecule has 0 spiro atoms. The minimum absolute atomic E-state index is 0.786. The van der Waals surface area contributed by atoms with Crippen LogP contribution in [0.1, 0.15) is 5.56 Å². The Morgan fingerprint density at radius 2 is 2.00 bits per heavy atom. The number of hydrogen-bond acceptors (Lipinski definition) is 3. The van der Waals surface area contributed by atoms with Crippen LogP contribution in [0.4, 0.5) is 11.4 Å². The number of anilines is 2. The fourth-order valence-electron chi connectivity index (χ4n) is 1.77. The van der Waals surface area contributed by atoms with Crippen molar-refractivity contribution < 1.29 is 4.74 Å². The van der Waals surface area contributed by atoms with Crippen LogP contribution < -0.4 is 10.6 Å². The largest absolute Gasteiger partial charge is 0.397 e. The Labute approximate surface area is 98.3 Å². The Balaban J connectivity index is 2.31. The number of ether oxygens (including phenoxy) is 1. The molecule has 0 unspecified atom stereocenters. The minimum Gasteiger partial charge on any atom is -0.397 e. The zero-order valence-electron chi connectivity index (χ0n) is 8.79. The fraction of sp³-hybridized carbons (Fsp3) is 0.455. The van der Waals surface area contributed by atoms with Crippen LogP contribution in [0.3, 0.4) is 0 Å². The molecule has 1 heterocycles. The number of halogens is 1. The minimum atomic E-state index is 0.786. The summed E-state index contributed by atoms with van der Waals surface area (Å²) in [5.41, 5.74) is 9.20. The summed E-state index contributed by atoms with van der Waals surface area (Å²) in [6, 6.07) is 4.12. The molecule has 1 aromatic carbocycles. The number of rotatable bonds is 1. The molecule has 1 aliphatic rings. The standard InChI is InChI=1S/C11H15BrN2O/c1-8-9(12)2-3-10(11(8)13)14-4-6-15-7-5-14/h2-3H,4-7,13H2,1H3. The molecule has 4 heteroatoms. The van der Waals surface area contributed by atoms with Gasteiger partial charge in [-0.15, -0.1) is 0 Å². The summed E-state index contributed by atoms with van der Waals surface area (Å²) in [6.07, 6.45) is 0. The molecule has 0 amide bonds. The zero-order chi connectivity index (χ0) is 10.8. The van der Waals surface area contributed by atoms with Crippen LogP contribution in [0.5, 0.6) is 0 Å². The molecule has 0 aliphatic carbocycles. The highest BCUT2D eigenvalue weighted by Gasteiger charge is 2.15. The number of nitrogens with two attached hydrogens (primary N) is 1. The molecule has 2 N–H and O–H groups in total. The van der Waals surface area contributed by atoms with E-state index in [2.05, 4.69) is 33.0 Å². The van der Waals surface area contributed by atoms with Crippen molar-refractivity contribution in [2.75, 3.05) is 36.9 Å². The molecule has 1 aromatic rings. The van der Waals surface area contributed by atoms with E-state index in [0.29, 0.717) is 0 Å². The Morgan fingerprint density at radius 1 is 1.33 bits per heavy atom. The molecule has 0 atom stereocenters. The lowest BCUT2D eigenvalue weighted by atomic mass is 10.1. The number of hydrogen-bond donors (Lipinski definition) is 1. The van der Waals surface area contributed by atoms with Gasteiger partial charge in [-0.25, -0.2) is 0 Å². The second-order valence-corrected chi connectivity index (χ2v) is 4.56. The molecule has 15 heavy (non-hydrogen) atoms. The maximum atomic E-state index is 6.10. The highest BCUT2D eigenvalue weighted by atomic mass is 79.9. The molecule has 1 saturated heterocycles. The van der Waals surface area contributed by atoms with Gasteiger partial charge < -0.3 is 15.4 Å². The number of nitrogen functional groups attached to an aromatic ring is 1. The van der Waals surface area contributed by atoms with Gasteiger partial charge in [-0.3, -0.25) is 0 Å². The molecule has 1 fully saturated rings. The van der Waals surface area contributed by atoms with Crippen molar-refractivity contribution in [1.29, 1.82) is 0 Å². The number of nitrogens with zero attached hydrogens (tertiary/aromatic N) is 1. The Morgan fingerprint density at radius 3 is 2.67 bits per heavy atom. The highest BCUT2D eigenvalue weighted by molar-refractivity contribution is 9.10. The van der Waals surface area contributed by atoms with Gasteiger partial charge in [0.15, 0.2) is 0 Å². The molecule has 0 bridgehead atoms. The fourth-order valence-corrected chi connectivity index (χ4v) is 2.11. The van der Waals surface area contributed by atoms with Gasteiger partial charge in [-0.05, 0) is 24.6 Å². The van der Waals surface area contributed by atoms with Gasteiger partial charge >= 0.3 is 0 Å². The molecule has 0 radical (unpaired) electrons. The van der Waals surface area contributed by atoms with Gasteiger partial charge in [0.2, 0.25) is 0 Å². The van der Waals surface area contributed by atoms with Crippen LogP contribution in [-0.2, 0) is 4.74 Å². The Bertz CT molecular complexity index is 362. The van der Waals surface area contributed by atoms with E-state index in [1.807, 2.05) is 6.92 Å². The van der Waals surface area contributed by atoms with E-state index in [9.17, 15) is 0 Å². The summed E-state index contributed by atoms with van der Waals surface area (Å²) in [6.45, 7) is 5.45. The first-order chi connectivity index (χ1) is 7.20. The quantitative estimate of drug-likeness (QED) is 0.796. The number of morpholine rings is 1. The van der Waals surface area contributed by atoms with Crippen LogP contribution >= 0.6 is 15.9 Å². The molecular formula is C11H15BrN2O. The van der Waals surface area contributed by atoms with Crippen molar-refractivity contribution in [1.82, 2.24) is 0 Å². The highest BCUT2D eigenvalue weighted by Crippen LogP contribution is 2.31. The first-order valence-electron chi connectivity index (χ1n) is 5.07. The Hall–Kier alpha value is -0.740. The summed E-state index contributed by atoms with van der Waals surface area (Å²) in [5, 5.41) is 0. The van der Waals surface area contributed by atoms with E-state index in [-0.39, 0.29) is 0 Å². The lowest BCUT2D eigenvalue weighted by Crippen LogP contribution is -2.36. The maximum absolute atomic E-state index is 6.10. The Kier molecular flexibility index (Phi) is 3.17. The molecule has 1 aliphatic heterocycles. The van der Waals surface area contributed by atoms with Crippen molar-refractivity contribution in [3.63, 3.8) is 0 Å². The van der Waals surface area contributed by atoms with E-state index >= 15 is 0 Å². The van der Waals surface area contributed by atoms with Crippen LogP contribution in [0.15, 0.2) is 16.6 Å². The van der Waals surface area contributed by atoms with E-state index in [4.69, 9.17) is 10.5 Å². The molecule has 3 nitrogen and oxygen atoms in total. The monoisotopic (exact) mass is 270 g/mol. The molecule has 2 rings (SSSR count). The van der Waals surface area contributed by atoms with Crippen molar-refractivity contribution in [3.8, 4) is 0 Å². The van der Waals surface area contributed by atoms with Crippen molar-refractivity contribution in [2.24, 2.45) is 0 Å². The first kappa shape index (κ1) is 10.8. The second-order valence-electron chi connectivity index (χ2n) is 3.70. The topological polar surface area (TPSA) is 38.5 Å². The zero-order valence-corrected chi connectivity index (χ0v) is 10.4. The average molecular weight is 271 g/mol. The normalized spacial score (nSPS) is 16.8. The summed E-state index contributed by atoms with van der Waals surface area (Å²) in [5.74, 6) is 0. The molecule has 0 aromatic heterocycles. The second kappa shape index (κ2) is 4.41. The van der Waals surface area contributed by atoms with E-state index in [0.717, 1.165) is 47.7 Å². The predicted octanol–water partition coefficient (Wildman–Crippen LogP) is 2.18. The summed E-state index contributed by atoms with van der Waals surface area (Å²) >= 11 is 3.48. The van der Waals surface area contributed by atoms with Crippen LogP contribution in [0.25, 0.3) is 0 Å². The average Bonchev–Trinajstić information content (AvgIpc) is 2.27. The SMILES string of the molecule is Cc1c(Br)ccc(N2CCOCC2)c1N. The van der Waals surface area contributed by atoms with Gasteiger partial charge in [0.1, 0.15) is 0 Å². The van der Waals surface area contributed by atoms with Gasteiger partial charge in [0.05, 0.1) is 24.6 Å². The third-order valence-electron chi connectivity index (χ3n) is 2.78. The molecule has 82 valence electrons. The van der Waals surface area contributed by atoms with E-state index < -0.39 is 0 Å². The van der Waals surface area contributed by atoms with Crippen molar-refractivity contribution in [2.45, 2.75) is 6.92 Å². The third kappa shape index (κ3) is 2.11. The summed E-state index contributed by atoms with van der Waals surface area (Å²) < 4.78 is 6.39. The lowest BCUT2D eigenvalue weighted by molar-refractivity contribution is 0.123. The maximum Gasteiger partial charge on any atom is 0.0642 e. The smallest absolute Gasteiger partial charge is 0.0642 e. The lowest BCUT2D eigenvalue weighted by Gasteiger charge is -2.30. The van der Waals surface area contributed by atoms with Gasteiger partial charge in [-0.1, -0.05) is 15.9 Å². The first-order valence-corrected chi connectivity index (χ1v) is 5.86. The van der Waals surface area contributed by atoms with Crippen LogP contribution in [0.2, 0.25) is 0 Å². The van der Waals surface area contributed by atoms with Crippen molar-refractivity contribution in [3.05, 3.63) is 22.2 Å². The van der Waals surface area contributed by atoms with Crippen molar-refractivity contribution >= 4 is 27.3 Å². The number of benzene rings is 1. The van der Waals surface area contributed by atoms with Crippen LogP contribution in [-0.4, -0.2) is 26.3 Å². The molecule has 0 saturated carbocycles. The molecular weight excluding hydrogens is 256 g/mol. The summed E-state index contributed by atoms with van der Waals surface area (Å²) in [4.78, 5) is 2.28. The van der Waals surface area contributed by atoms with Gasteiger partial charge in [-0.2, -0.15) is 0 Å².